The van der Waals surface area contributed by atoms with Gasteiger partial charge in [0.1, 0.15) is 5.75 Å². The number of unbranched alkanes of at least 4 members (excludes halogenated alkanes) is 1. The highest BCUT2D eigenvalue weighted by Crippen LogP contribution is 2.32. The van der Waals surface area contributed by atoms with Gasteiger partial charge in [-0.2, -0.15) is 0 Å². The predicted octanol–water partition coefficient (Wildman–Crippen LogP) is 2.46. The number of methoxy groups -OCH3 is 1. The normalized spacial score (nSPS) is 12.7. The highest BCUT2D eigenvalue weighted by Gasteiger charge is 2.18. The Balaban J connectivity index is 1.45. The van der Waals surface area contributed by atoms with Crippen LogP contribution in [0.15, 0.2) is 12.1 Å². The van der Waals surface area contributed by atoms with E-state index < -0.39 is 5.91 Å². The van der Waals surface area contributed by atoms with Crippen molar-refractivity contribution in [3.05, 3.63) is 39.7 Å². The molecule has 1 heterocycles. The highest BCUT2D eigenvalue weighted by atomic mass is 35.5. The summed E-state index contributed by atoms with van der Waals surface area (Å²) >= 11 is 5.79. The zero-order valence-electron chi connectivity index (χ0n) is 17.6. The average molecular weight is 446 g/mol. The van der Waals surface area contributed by atoms with Crippen molar-refractivity contribution in [2.75, 3.05) is 25.1 Å². The first-order valence-corrected chi connectivity index (χ1v) is 10.7. The van der Waals surface area contributed by atoms with Gasteiger partial charge in [0.15, 0.2) is 28.4 Å². The minimum Gasteiger partial charge on any atom is -0.496 e. The van der Waals surface area contributed by atoms with E-state index in [0.29, 0.717) is 6.54 Å². The number of anilines is 2. The fourth-order valence-electron chi connectivity index (χ4n) is 3.81. The molecular formula is C21H28ClN7O2. The SMILES string of the molecule is COc1ccc(CCCCNC(=N)NC(=O)c2nc(Cl)c(N)nc2N)c2c1CCCC2. The number of nitrogens with zero attached hydrogens (tertiary/aromatic N) is 2. The topological polar surface area (TPSA) is 152 Å². The van der Waals surface area contributed by atoms with Crippen molar-refractivity contribution in [3.8, 4) is 5.75 Å². The van der Waals surface area contributed by atoms with Crippen LogP contribution in [0, 0.1) is 5.41 Å². The van der Waals surface area contributed by atoms with Gasteiger partial charge in [-0.25, -0.2) is 9.97 Å². The number of benzene rings is 1. The minimum absolute atomic E-state index is 0.0537. The van der Waals surface area contributed by atoms with Crippen molar-refractivity contribution in [2.24, 2.45) is 0 Å². The van der Waals surface area contributed by atoms with E-state index in [2.05, 4.69) is 32.7 Å². The summed E-state index contributed by atoms with van der Waals surface area (Å²) in [6.07, 6.45) is 7.43. The fraction of sp³-hybridized carbons (Fsp3) is 0.429. The smallest absolute Gasteiger partial charge is 0.280 e. The molecule has 0 radical (unpaired) electrons. The molecule has 0 saturated heterocycles. The van der Waals surface area contributed by atoms with E-state index in [1.165, 1.54) is 29.5 Å². The number of hydrogen-bond acceptors (Lipinski definition) is 7. The third-order valence-corrected chi connectivity index (χ3v) is 5.62. The number of carbonyl (C=O) groups is 1. The number of aryl methyl sites for hydroxylation is 1. The van der Waals surface area contributed by atoms with E-state index in [-0.39, 0.29) is 28.4 Å². The quantitative estimate of drug-likeness (QED) is 0.249. The van der Waals surface area contributed by atoms with Crippen LogP contribution in [0.25, 0.3) is 0 Å². The summed E-state index contributed by atoms with van der Waals surface area (Å²) in [4.78, 5) is 19.8. The van der Waals surface area contributed by atoms with E-state index in [0.717, 1.165) is 37.9 Å². The fourth-order valence-corrected chi connectivity index (χ4v) is 3.94. The van der Waals surface area contributed by atoms with E-state index in [4.69, 9.17) is 33.2 Å². The van der Waals surface area contributed by atoms with Crippen LogP contribution in [-0.2, 0) is 19.3 Å². The lowest BCUT2D eigenvalue weighted by molar-refractivity contribution is 0.0971. The monoisotopic (exact) mass is 445 g/mol. The molecule has 0 aliphatic heterocycles. The molecule has 7 N–H and O–H groups in total. The first-order valence-electron chi connectivity index (χ1n) is 10.3. The van der Waals surface area contributed by atoms with Crippen molar-refractivity contribution in [1.29, 1.82) is 5.41 Å². The van der Waals surface area contributed by atoms with E-state index in [9.17, 15) is 4.79 Å². The van der Waals surface area contributed by atoms with Gasteiger partial charge >= 0.3 is 0 Å². The van der Waals surface area contributed by atoms with Crippen molar-refractivity contribution >= 4 is 35.1 Å². The van der Waals surface area contributed by atoms with Gasteiger partial charge in [0.25, 0.3) is 5.91 Å². The average Bonchev–Trinajstić information content (AvgIpc) is 2.75. The van der Waals surface area contributed by atoms with E-state index in [1.807, 2.05) is 0 Å². The Bertz CT molecular complexity index is 981. The number of amides is 1. The third kappa shape index (κ3) is 5.55. The number of guanidine groups is 1. The Morgan fingerprint density at radius 3 is 2.65 bits per heavy atom. The second kappa shape index (κ2) is 10.3. The number of fused-ring (bicyclic) bond motifs is 1. The number of nitrogens with one attached hydrogen (secondary N) is 3. The summed E-state index contributed by atoms with van der Waals surface area (Å²) in [7, 11) is 1.73. The number of aromatic nitrogens is 2. The maximum absolute atomic E-state index is 12.2. The van der Waals surface area contributed by atoms with Crippen LogP contribution in [0.5, 0.6) is 5.75 Å². The van der Waals surface area contributed by atoms with Gasteiger partial charge in [-0.05, 0) is 67.7 Å². The van der Waals surface area contributed by atoms with Crippen LogP contribution in [0.3, 0.4) is 0 Å². The van der Waals surface area contributed by atoms with Gasteiger partial charge in [0.05, 0.1) is 7.11 Å². The van der Waals surface area contributed by atoms with Crippen LogP contribution in [-0.4, -0.2) is 35.5 Å². The molecule has 1 aromatic carbocycles. The van der Waals surface area contributed by atoms with Gasteiger partial charge in [0.2, 0.25) is 0 Å². The molecule has 1 aliphatic carbocycles. The summed E-state index contributed by atoms with van der Waals surface area (Å²) in [5.41, 5.74) is 15.2. The van der Waals surface area contributed by atoms with E-state index >= 15 is 0 Å². The Hall–Kier alpha value is -3.07. The maximum Gasteiger partial charge on any atom is 0.280 e. The van der Waals surface area contributed by atoms with Crippen molar-refractivity contribution < 1.29 is 9.53 Å². The molecule has 9 nitrogen and oxygen atoms in total. The Morgan fingerprint density at radius 2 is 1.90 bits per heavy atom. The van der Waals surface area contributed by atoms with E-state index in [1.54, 1.807) is 7.11 Å². The minimum atomic E-state index is -0.672. The number of rotatable bonds is 7. The van der Waals surface area contributed by atoms with Gasteiger partial charge in [-0.15, -0.1) is 0 Å². The van der Waals surface area contributed by atoms with Crippen LogP contribution < -0.4 is 26.8 Å². The molecule has 10 heteroatoms. The number of ether oxygens (including phenoxy) is 1. The molecule has 0 unspecified atom stereocenters. The zero-order chi connectivity index (χ0) is 22.4. The molecule has 0 bridgehead atoms. The summed E-state index contributed by atoms with van der Waals surface area (Å²) in [6.45, 7) is 0.557. The Morgan fingerprint density at radius 1 is 1.16 bits per heavy atom. The molecule has 0 atom stereocenters. The van der Waals surface area contributed by atoms with Crippen molar-refractivity contribution in [3.63, 3.8) is 0 Å². The Labute approximate surface area is 186 Å². The number of halogens is 1. The molecule has 1 amide bonds. The van der Waals surface area contributed by atoms with Gasteiger partial charge in [0, 0.05) is 6.54 Å². The number of nitrogen functional groups attached to an aromatic ring is 2. The van der Waals surface area contributed by atoms with Gasteiger partial charge in [-0.3, -0.25) is 15.5 Å². The second-order valence-electron chi connectivity index (χ2n) is 7.44. The highest BCUT2D eigenvalue weighted by molar-refractivity contribution is 6.31. The lowest BCUT2D eigenvalue weighted by atomic mass is 9.86. The van der Waals surface area contributed by atoms with Crippen LogP contribution in [0.1, 0.15) is 52.9 Å². The summed E-state index contributed by atoms with van der Waals surface area (Å²) in [5, 5.41) is 13.1. The first-order chi connectivity index (χ1) is 14.9. The molecule has 1 aliphatic rings. The molecule has 0 spiro atoms. The van der Waals surface area contributed by atoms with Crippen molar-refractivity contribution in [1.82, 2.24) is 20.6 Å². The standard InChI is InChI=1S/C21H28ClN7O2/c1-31-15-10-9-12(13-7-2-3-8-14(13)15)6-4-5-11-26-21(25)29-20(30)16-18(23)28-19(24)17(22)27-16/h9-10H,2-8,11H2,1H3,(H4,23,24,28)(H3,25,26,29,30). The number of nitrogens with two attached hydrogens (primary N) is 2. The van der Waals surface area contributed by atoms with Crippen LogP contribution in [0.2, 0.25) is 5.15 Å². The lowest BCUT2D eigenvalue weighted by Gasteiger charge is -2.22. The lowest BCUT2D eigenvalue weighted by Crippen LogP contribution is -2.41. The van der Waals surface area contributed by atoms with Crippen LogP contribution >= 0.6 is 11.6 Å². The molecule has 1 aromatic heterocycles. The zero-order valence-corrected chi connectivity index (χ0v) is 18.3. The second-order valence-corrected chi connectivity index (χ2v) is 7.80. The summed E-state index contributed by atoms with van der Waals surface area (Å²) in [5.74, 6) is -0.00988. The third-order valence-electron chi connectivity index (χ3n) is 5.34. The molecule has 0 fully saturated rings. The molecule has 166 valence electrons. The largest absolute Gasteiger partial charge is 0.496 e. The molecule has 0 saturated carbocycles. The molecule has 31 heavy (non-hydrogen) atoms. The molecule has 2 aromatic rings. The predicted molar refractivity (Wildman–Crippen MR) is 122 cm³/mol. The van der Waals surface area contributed by atoms with Crippen LogP contribution in [0.4, 0.5) is 11.6 Å². The maximum atomic E-state index is 12.2. The molecule has 3 rings (SSSR count). The summed E-state index contributed by atoms with van der Waals surface area (Å²) < 4.78 is 5.52. The Kier molecular flexibility index (Phi) is 7.51. The molecular weight excluding hydrogens is 418 g/mol. The van der Waals surface area contributed by atoms with Gasteiger partial charge in [-0.1, -0.05) is 17.7 Å². The number of hydrogen-bond donors (Lipinski definition) is 5. The van der Waals surface area contributed by atoms with Gasteiger partial charge < -0.3 is 21.5 Å². The number of carbonyl (C=O) groups excluding carboxylic acids is 1. The first kappa shape index (κ1) is 22.6. The summed E-state index contributed by atoms with van der Waals surface area (Å²) in [6, 6.07) is 4.24. The van der Waals surface area contributed by atoms with Crippen molar-refractivity contribution in [2.45, 2.75) is 44.9 Å².